The average molecular weight is 269 g/mol. The molecule has 0 aromatic carbocycles. The van der Waals surface area contributed by atoms with Gasteiger partial charge < -0.3 is 0 Å². The number of aryl methyl sites for hydroxylation is 1. The highest BCUT2D eigenvalue weighted by Crippen LogP contribution is 2.23. The van der Waals surface area contributed by atoms with Crippen molar-refractivity contribution in [1.82, 2.24) is 14.7 Å². The number of hydrogen-bond acceptors (Lipinski definition) is 5. The second-order valence-electron chi connectivity index (χ2n) is 3.78. The number of amidine groups is 1. The molecule has 2 rings (SSSR count). The zero-order valence-electron chi connectivity index (χ0n) is 10.5. The van der Waals surface area contributed by atoms with Crippen molar-refractivity contribution in [2.45, 2.75) is 20.8 Å². The summed E-state index contributed by atoms with van der Waals surface area (Å²) in [4.78, 5) is 12.6. The Labute approximate surface area is 106 Å². The molecule has 0 saturated carbocycles. The van der Waals surface area contributed by atoms with Crippen molar-refractivity contribution in [3.63, 3.8) is 0 Å². The quantitative estimate of drug-likeness (QED) is 0.832. The zero-order chi connectivity index (χ0) is 13.3. The molecule has 0 bridgehead atoms. The maximum absolute atomic E-state index is 12.0. The van der Waals surface area contributed by atoms with Crippen molar-refractivity contribution in [1.29, 1.82) is 0 Å². The SMILES string of the molecule is CCN=C1NS(=O)(=O)N(CC)c2ncc(C)nc21. The maximum Gasteiger partial charge on any atom is 0.326 e. The van der Waals surface area contributed by atoms with Crippen LogP contribution < -0.4 is 9.03 Å². The molecule has 1 aliphatic rings. The highest BCUT2D eigenvalue weighted by Gasteiger charge is 2.34. The Morgan fingerprint density at radius 1 is 1.44 bits per heavy atom. The van der Waals surface area contributed by atoms with E-state index in [9.17, 15) is 8.42 Å². The Balaban J connectivity index is 2.68. The highest BCUT2D eigenvalue weighted by atomic mass is 32.2. The molecule has 0 unspecified atom stereocenters. The first kappa shape index (κ1) is 12.7. The summed E-state index contributed by atoms with van der Waals surface area (Å²) in [7, 11) is -3.62. The molecule has 0 spiro atoms. The van der Waals surface area contributed by atoms with Crippen LogP contribution in [0.1, 0.15) is 25.2 Å². The van der Waals surface area contributed by atoms with E-state index < -0.39 is 10.2 Å². The highest BCUT2D eigenvalue weighted by molar-refractivity contribution is 7.91. The summed E-state index contributed by atoms with van der Waals surface area (Å²) < 4.78 is 27.6. The van der Waals surface area contributed by atoms with Gasteiger partial charge in [0.1, 0.15) is 5.69 Å². The van der Waals surface area contributed by atoms with Crippen LogP contribution in [0.5, 0.6) is 0 Å². The number of nitrogens with one attached hydrogen (secondary N) is 1. The van der Waals surface area contributed by atoms with Gasteiger partial charge in [0.15, 0.2) is 11.7 Å². The Hall–Kier alpha value is -1.70. The Bertz CT molecular complexity index is 596. The molecular weight excluding hydrogens is 254 g/mol. The van der Waals surface area contributed by atoms with Crippen LogP contribution in [0.25, 0.3) is 0 Å². The number of hydrogen-bond donors (Lipinski definition) is 1. The third-order valence-corrected chi connectivity index (χ3v) is 3.92. The van der Waals surface area contributed by atoms with E-state index in [0.717, 1.165) is 5.69 Å². The van der Waals surface area contributed by atoms with Gasteiger partial charge in [-0.1, -0.05) is 0 Å². The summed E-state index contributed by atoms with van der Waals surface area (Å²) in [5.74, 6) is 0.586. The molecule has 18 heavy (non-hydrogen) atoms. The molecule has 0 fully saturated rings. The second kappa shape index (κ2) is 4.52. The van der Waals surface area contributed by atoms with Gasteiger partial charge in [-0.25, -0.2) is 19.0 Å². The topological polar surface area (TPSA) is 87.5 Å². The molecule has 0 radical (unpaired) electrons. The minimum Gasteiger partial charge on any atom is -0.266 e. The summed E-state index contributed by atoms with van der Waals surface area (Å²) >= 11 is 0. The van der Waals surface area contributed by atoms with Crippen LogP contribution in [-0.4, -0.2) is 37.3 Å². The monoisotopic (exact) mass is 269 g/mol. The first-order valence-electron chi connectivity index (χ1n) is 5.68. The predicted molar refractivity (Wildman–Crippen MR) is 68.9 cm³/mol. The molecule has 0 atom stereocenters. The maximum atomic E-state index is 12.0. The smallest absolute Gasteiger partial charge is 0.266 e. The van der Waals surface area contributed by atoms with Gasteiger partial charge in [0.2, 0.25) is 0 Å². The Kier molecular flexibility index (Phi) is 3.20. The average Bonchev–Trinajstić information content (AvgIpc) is 2.30. The molecule has 1 N–H and O–H groups in total. The lowest BCUT2D eigenvalue weighted by Crippen LogP contribution is -2.49. The first-order chi connectivity index (χ1) is 8.49. The van der Waals surface area contributed by atoms with Gasteiger partial charge in [0.05, 0.1) is 11.9 Å². The number of anilines is 1. The van der Waals surface area contributed by atoms with Crippen LogP contribution in [0.4, 0.5) is 5.82 Å². The van der Waals surface area contributed by atoms with Gasteiger partial charge in [-0.05, 0) is 20.8 Å². The molecule has 0 saturated heterocycles. The minimum atomic E-state index is -3.62. The fourth-order valence-corrected chi connectivity index (χ4v) is 2.95. The number of aliphatic imine (C=N–C) groups is 1. The van der Waals surface area contributed by atoms with E-state index in [2.05, 4.69) is 19.7 Å². The molecule has 1 aromatic rings. The van der Waals surface area contributed by atoms with E-state index in [1.807, 2.05) is 6.92 Å². The lowest BCUT2D eigenvalue weighted by Gasteiger charge is -2.29. The summed E-state index contributed by atoms with van der Waals surface area (Å²) in [5.41, 5.74) is 1.20. The fourth-order valence-electron chi connectivity index (χ4n) is 1.74. The first-order valence-corrected chi connectivity index (χ1v) is 7.12. The molecule has 98 valence electrons. The van der Waals surface area contributed by atoms with E-state index >= 15 is 0 Å². The van der Waals surface area contributed by atoms with E-state index in [0.29, 0.717) is 24.6 Å². The normalized spacial score (nSPS) is 19.5. The zero-order valence-corrected chi connectivity index (χ0v) is 11.3. The number of fused-ring (bicyclic) bond motifs is 1. The van der Waals surface area contributed by atoms with Gasteiger partial charge in [0, 0.05) is 13.1 Å². The standard InChI is InChI=1S/C10H15N5O2S/c1-4-11-9-8-10(12-6-7(3)13-8)15(5-2)18(16,17)14-9/h6H,4-5H2,1-3H3,(H,11,14). The van der Waals surface area contributed by atoms with Gasteiger partial charge in [-0.2, -0.15) is 8.42 Å². The summed E-state index contributed by atoms with van der Waals surface area (Å²) in [6.45, 7) is 6.14. The predicted octanol–water partition coefficient (Wildman–Crippen LogP) is 0.226. The van der Waals surface area contributed by atoms with Gasteiger partial charge in [-0.15, -0.1) is 0 Å². The van der Waals surface area contributed by atoms with E-state index in [4.69, 9.17) is 0 Å². The van der Waals surface area contributed by atoms with Crippen LogP contribution in [0, 0.1) is 6.92 Å². The number of aromatic nitrogens is 2. The second-order valence-corrected chi connectivity index (χ2v) is 5.37. The van der Waals surface area contributed by atoms with Gasteiger partial charge in [-0.3, -0.25) is 4.99 Å². The van der Waals surface area contributed by atoms with Crippen LogP contribution >= 0.6 is 0 Å². The Morgan fingerprint density at radius 3 is 2.78 bits per heavy atom. The molecule has 0 amide bonds. The fraction of sp³-hybridized carbons (Fsp3) is 0.500. The van der Waals surface area contributed by atoms with Crippen LogP contribution in [-0.2, 0) is 10.2 Å². The van der Waals surface area contributed by atoms with Crippen LogP contribution in [0.15, 0.2) is 11.2 Å². The summed E-state index contributed by atoms with van der Waals surface area (Å²) in [5, 5.41) is 0. The molecule has 1 aromatic heterocycles. The van der Waals surface area contributed by atoms with Crippen LogP contribution in [0.3, 0.4) is 0 Å². The van der Waals surface area contributed by atoms with Crippen molar-refractivity contribution in [2.75, 3.05) is 17.4 Å². The molecule has 8 heteroatoms. The molecule has 1 aliphatic heterocycles. The number of nitrogens with zero attached hydrogens (tertiary/aromatic N) is 4. The van der Waals surface area contributed by atoms with Gasteiger partial charge >= 0.3 is 10.2 Å². The summed E-state index contributed by atoms with van der Waals surface area (Å²) in [6.07, 6.45) is 1.55. The van der Waals surface area contributed by atoms with Crippen molar-refractivity contribution in [2.24, 2.45) is 4.99 Å². The lowest BCUT2D eigenvalue weighted by molar-refractivity contribution is 0.586. The van der Waals surface area contributed by atoms with Crippen LogP contribution in [0.2, 0.25) is 0 Å². The third kappa shape index (κ3) is 2.03. The largest absolute Gasteiger partial charge is 0.326 e. The van der Waals surface area contributed by atoms with E-state index in [1.54, 1.807) is 20.0 Å². The Morgan fingerprint density at radius 2 is 2.17 bits per heavy atom. The molecular formula is C10H15N5O2S. The van der Waals surface area contributed by atoms with Crippen molar-refractivity contribution in [3.05, 3.63) is 17.6 Å². The molecule has 2 heterocycles. The third-order valence-electron chi connectivity index (χ3n) is 2.45. The van der Waals surface area contributed by atoms with E-state index in [-0.39, 0.29) is 5.84 Å². The minimum absolute atomic E-state index is 0.258. The number of rotatable bonds is 2. The van der Waals surface area contributed by atoms with E-state index in [1.165, 1.54) is 4.31 Å². The van der Waals surface area contributed by atoms with Crippen molar-refractivity contribution < 1.29 is 8.42 Å². The molecule has 7 nitrogen and oxygen atoms in total. The van der Waals surface area contributed by atoms with Gasteiger partial charge in [0.25, 0.3) is 0 Å². The lowest BCUT2D eigenvalue weighted by atomic mass is 10.3. The molecule has 0 aliphatic carbocycles. The van der Waals surface area contributed by atoms with Crippen molar-refractivity contribution >= 4 is 21.9 Å². The van der Waals surface area contributed by atoms with Crippen molar-refractivity contribution in [3.8, 4) is 0 Å². The summed E-state index contributed by atoms with van der Waals surface area (Å²) in [6, 6.07) is 0.